The van der Waals surface area contributed by atoms with Crippen molar-refractivity contribution in [2.24, 2.45) is 0 Å². The highest BCUT2D eigenvalue weighted by Crippen LogP contribution is 2.32. The van der Waals surface area contributed by atoms with Gasteiger partial charge in [-0.05, 0) is 55.3 Å². The molecular weight excluding hydrogens is 518 g/mol. The number of hydrogen-bond acceptors (Lipinski definition) is 8. The Morgan fingerprint density at radius 3 is 2.26 bits per heavy atom. The van der Waals surface area contributed by atoms with Crippen LogP contribution in [0.4, 0.5) is 17.1 Å². The molecule has 0 aliphatic heterocycles. The molecule has 11 nitrogen and oxygen atoms in total. The van der Waals surface area contributed by atoms with Crippen LogP contribution in [0, 0.1) is 34.1 Å². The minimum absolute atomic E-state index is 0.0798. The maximum Gasteiger partial charge on any atom is 0.291 e. The first kappa shape index (κ1) is 26.2. The van der Waals surface area contributed by atoms with Crippen molar-refractivity contribution in [3.05, 3.63) is 115 Å². The summed E-state index contributed by atoms with van der Waals surface area (Å²) in [4.78, 5) is 34.0. The second kappa shape index (κ2) is 11.0. The van der Waals surface area contributed by atoms with Crippen molar-refractivity contribution in [1.29, 1.82) is 0 Å². The third-order valence-electron chi connectivity index (χ3n) is 5.17. The minimum atomic E-state index is -0.664. The molecule has 0 atom stereocenters. The van der Waals surface area contributed by atoms with Crippen molar-refractivity contribution in [2.75, 3.05) is 5.32 Å². The van der Waals surface area contributed by atoms with Crippen LogP contribution >= 0.6 is 11.6 Å². The summed E-state index contributed by atoms with van der Waals surface area (Å²) < 4.78 is 16.8. The summed E-state index contributed by atoms with van der Waals surface area (Å²) in [6.45, 7) is 3.65. The largest absolute Gasteiger partial charge is 0.484 e. The number of aryl methyl sites for hydroxylation is 2. The number of nitrogens with zero attached hydrogens (tertiary/aromatic N) is 2. The fourth-order valence-electron chi connectivity index (χ4n) is 3.58. The van der Waals surface area contributed by atoms with Gasteiger partial charge < -0.3 is 19.2 Å². The molecule has 1 aromatic heterocycles. The van der Waals surface area contributed by atoms with Gasteiger partial charge in [-0.15, -0.1) is 0 Å². The maximum atomic E-state index is 12.8. The van der Waals surface area contributed by atoms with E-state index in [1.54, 1.807) is 12.1 Å². The second-order valence-corrected chi connectivity index (χ2v) is 8.69. The molecule has 1 amide bonds. The fraction of sp³-hybridized carbons (Fsp3) is 0.115. The molecule has 0 bridgehead atoms. The molecule has 1 heterocycles. The molecule has 3 aromatic carbocycles. The standard InChI is InChI=1S/C26H20ClN3O8/c1-15-7-16(2)9-21(8-15)37-22-11-17(10-19(12-22)30(34)35)28-26(31)24-6-4-20(38-24)14-36-25-13-18(29(32)33)3-5-23(25)27/h3-13H,14H2,1-2H3,(H,28,31). The van der Waals surface area contributed by atoms with Gasteiger partial charge in [0.25, 0.3) is 17.3 Å². The Kier molecular flexibility index (Phi) is 7.58. The number of non-ortho nitro benzene ring substituents is 2. The number of nitro benzene ring substituents is 2. The number of carbonyl (C=O) groups excluding carboxylic acids is 1. The van der Waals surface area contributed by atoms with Gasteiger partial charge in [0.2, 0.25) is 0 Å². The van der Waals surface area contributed by atoms with Gasteiger partial charge in [-0.1, -0.05) is 17.7 Å². The van der Waals surface area contributed by atoms with Gasteiger partial charge in [0.05, 0.1) is 32.7 Å². The lowest BCUT2D eigenvalue weighted by atomic mass is 10.1. The molecule has 38 heavy (non-hydrogen) atoms. The zero-order valence-corrected chi connectivity index (χ0v) is 20.9. The van der Waals surface area contributed by atoms with Crippen molar-refractivity contribution in [3.63, 3.8) is 0 Å². The smallest absolute Gasteiger partial charge is 0.291 e. The number of anilines is 1. The van der Waals surface area contributed by atoms with Crippen LogP contribution in [0.15, 0.2) is 71.1 Å². The molecule has 0 fully saturated rings. The molecule has 0 saturated heterocycles. The molecule has 0 radical (unpaired) electrons. The molecule has 0 saturated carbocycles. The fourth-order valence-corrected chi connectivity index (χ4v) is 3.76. The quantitative estimate of drug-likeness (QED) is 0.177. The molecular formula is C26H20ClN3O8. The summed E-state index contributed by atoms with van der Waals surface area (Å²) in [7, 11) is 0. The van der Waals surface area contributed by atoms with E-state index in [2.05, 4.69) is 5.32 Å². The SMILES string of the molecule is Cc1cc(C)cc(Oc2cc(NC(=O)c3ccc(COc4cc([N+](=O)[O-])ccc4Cl)o3)cc([N+](=O)[O-])c2)c1. The first-order valence-corrected chi connectivity index (χ1v) is 11.5. The average Bonchev–Trinajstić information content (AvgIpc) is 3.32. The molecule has 0 aliphatic rings. The highest BCUT2D eigenvalue weighted by Gasteiger charge is 2.17. The molecule has 0 unspecified atom stereocenters. The molecule has 0 spiro atoms. The van der Waals surface area contributed by atoms with Gasteiger partial charge >= 0.3 is 0 Å². The Balaban J connectivity index is 1.48. The predicted octanol–water partition coefficient (Wildman–Crippen LogP) is 6.99. The lowest BCUT2D eigenvalue weighted by molar-refractivity contribution is -0.385. The van der Waals surface area contributed by atoms with Crippen molar-refractivity contribution >= 4 is 34.6 Å². The summed E-state index contributed by atoms with van der Waals surface area (Å²) >= 11 is 6.03. The van der Waals surface area contributed by atoms with Crippen LogP contribution in [0.2, 0.25) is 5.02 Å². The topological polar surface area (TPSA) is 147 Å². The van der Waals surface area contributed by atoms with Crippen molar-refractivity contribution in [2.45, 2.75) is 20.5 Å². The molecule has 12 heteroatoms. The number of rotatable bonds is 9. The molecule has 4 aromatic rings. The maximum absolute atomic E-state index is 12.8. The lowest BCUT2D eigenvalue weighted by Crippen LogP contribution is -2.11. The van der Waals surface area contributed by atoms with E-state index in [4.69, 9.17) is 25.5 Å². The Bertz CT molecular complexity index is 1530. The van der Waals surface area contributed by atoms with Gasteiger partial charge in [0.1, 0.15) is 29.6 Å². The van der Waals surface area contributed by atoms with Crippen LogP contribution in [0.1, 0.15) is 27.4 Å². The third kappa shape index (κ3) is 6.45. The van der Waals surface area contributed by atoms with Crippen LogP contribution in [-0.4, -0.2) is 15.8 Å². The van der Waals surface area contributed by atoms with Crippen LogP contribution < -0.4 is 14.8 Å². The van der Waals surface area contributed by atoms with E-state index >= 15 is 0 Å². The first-order valence-electron chi connectivity index (χ1n) is 11.1. The van der Waals surface area contributed by atoms with Gasteiger partial charge in [-0.2, -0.15) is 0 Å². The molecule has 4 rings (SSSR count). The monoisotopic (exact) mass is 537 g/mol. The van der Waals surface area contributed by atoms with Crippen LogP contribution in [0.5, 0.6) is 17.2 Å². The van der Waals surface area contributed by atoms with Crippen molar-refractivity contribution in [3.8, 4) is 17.2 Å². The van der Waals surface area contributed by atoms with E-state index in [1.165, 1.54) is 48.5 Å². The predicted molar refractivity (Wildman–Crippen MR) is 138 cm³/mol. The summed E-state index contributed by atoms with van der Waals surface area (Å²) in [5.41, 5.74) is 1.58. The summed E-state index contributed by atoms with van der Waals surface area (Å²) in [6, 6.07) is 16.1. The van der Waals surface area contributed by atoms with Crippen LogP contribution in [0.25, 0.3) is 0 Å². The highest BCUT2D eigenvalue weighted by molar-refractivity contribution is 6.32. The normalized spacial score (nSPS) is 10.6. The molecule has 194 valence electrons. The Morgan fingerprint density at radius 2 is 1.58 bits per heavy atom. The third-order valence-corrected chi connectivity index (χ3v) is 5.48. The van der Waals surface area contributed by atoms with Gasteiger partial charge in [-0.3, -0.25) is 25.0 Å². The lowest BCUT2D eigenvalue weighted by Gasteiger charge is -2.10. The number of ether oxygens (including phenoxy) is 2. The summed E-state index contributed by atoms with van der Waals surface area (Å²) in [6.07, 6.45) is 0. The number of carbonyl (C=O) groups is 1. The Morgan fingerprint density at radius 1 is 0.895 bits per heavy atom. The van der Waals surface area contributed by atoms with E-state index in [0.29, 0.717) is 5.75 Å². The molecule has 1 N–H and O–H groups in total. The van der Waals surface area contributed by atoms with Gasteiger partial charge in [0, 0.05) is 18.2 Å². The van der Waals surface area contributed by atoms with E-state index in [1.807, 2.05) is 19.9 Å². The summed E-state index contributed by atoms with van der Waals surface area (Å²) in [5, 5.41) is 25.2. The number of halogens is 1. The van der Waals surface area contributed by atoms with E-state index in [-0.39, 0.29) is 51.7 Å². The minimum Gasteiger partial charge on any atom is -0.484 e. The van der Waals surface area contributed by atoms with Crippen molar-refractivity contribution in [1.82, 2.24) is 0 Å². The van der Waals surface area contributed by atoms with Crippen LogP contribution in [0.3, 0.4) is 0 Å². The van der Waals surface area contributed by atoms with Gasteiger partial charge in [0.15, 0.2) is 5.76 Å². The highest BCUT2D eigenvalue weighted by atomic mass is 35.5. The van der Waals surface area contributed by atoms with E-state index in [0.717, 1.165) is 11.1 Å². The zero-order valence-electron chi connectivity index (χ0n) is 20.1. The number of nitro groups is 2. The number of nitrogens with one attached hydrogen (secondary N) is 1. The number of benzene rings is 3. The number of furan rings is 1. The Hall–Kier alpha value is -4.90. The van der Waals surface area contributed by atoms with Gasteiger partial charge in [-0.25, -0.2) is 0 Å². The number of hydrogen-bond donors (Lipinski definition) is 1. The van der Waals surface area contributed by atoms with Crippen molar-refractivity contribution < 1.29 is 28.5 Å². The molecule has 0 aliphatic carbocycles. The van der Waals surface area contributed by atoms with E-state index in [9.17, 15) is 25.0 Å². The van der Waals surface area contributed by atoms with Crippen LogP contribution in [-0.2, 0) is 6.61 Å². The second-order valence-electron chi connectivity index (χ2n) is 8.28. The van der Waals surface area contributed by atoms with E-state index < -0.39 is 15.8 Å². The Labute approximate surface area is 220 Å². The first-order chi connectivity index (χ1) is 18.1. The average molecular weight is 538 g/mol. The number of amides is 1. The summed E-state index contributed by atoms with van der Waals surface area (Å²) in [5.74, 6) is 0.243. The zero-order chi connectivity index (χ0) is 27.4.